The third kappa shape index (κ3) is 1.19. The van der Waals surface area contributed by atoms with Gasteiger partial charge in [-0.05, 0) is 19.3 Å². The zero-order valence-electron chi connectivity index (χ0n) is 7.90. The summed E-state index contributed by atoms with van der Waals surface area (Å²) in [7, 11) is 0. The molecular formula is C9H9ClN4O. The van der Waals surface area contributed by atoms with Gasteiger partial charge in [0.15, 0.2) is 10.8 Å². The van der Waals surface area contributed by atoms with Crippen LogP contribution in [0, 0.1) is 0 Å². The summed E-state index contributed by atoms with van der Waals surface area (Å²) < 4.78 is 1.69. The van der Waals surface area contributed by atoms with Crippen LogP contribution in [0.15, 0.2) is 11.1 Å². The Morgan fingerprint density at radius 3 is 2.93 bits per heavy atom. The first kappa shape index (κ1) is 8.91. The van der Waals surface area contributed by atoms with Crippen molar-refractivity contribution in [3.63, 3.8) is 0 Å². The molecule has 1 N–H and O–H groups in total. The summed E-state index contributed by atoms with van der Waals surface area (Å²) in [5.41, 5.74) is 1.01. The Kier molecular flexibility index (Phi) is 1.82. The van der Waals surface area contributed by atoms with Crippen LogP contribution in [0.3, 0.4) is 0 Å². The molecule has 0 radical (unpaired) electrons. The van der Waals surface area contributed by atoms with Crippen LogP contribution < -0.4 is 5.69 Å². The van der Waals surface area contributed by atoms with Gasteiger partial charge >= 0.3 is 5.69 Å². The highest BCUT2D eigenvalue weighted by Crippen LogP contribution is 2.32. The van der Waals surface area contributed by atoms with Crippen LogP contribution in [0.5, 0.6) is 0 Å². The van der Waals surface area contributed by atoms with Crippen molar-refractivity contribution in [3.8, 4) is 0 Å². The summed E-state index contributed by atoms with van der Waals surface area (Å²) in [6.07, 6.45) is 4.62. The molecule has 0 bridgehead atoms. The summed E-state index contributed by atoms with van der Waals surface area (Å²) in [6, 6.07) is 0.275. The molecule has 0 unspecified atom stereocenters. The van der Waals surface area contributed by atoms with E-state index in [2.05, 4.69) is 15.0 Å². The first-order chi connectivity index (χ1) is 7.27. The highest BCUT2D eigenvalue weighted by atomic mass is 35.5. The van der Waals surface area contributed by atoms with Crippen LogP contribution in [0.1, 0.15) is 25.3 Å². The fourth-order valence-corrected chi connectivity index (χ4v) is 2.07. The van der Waals surface area contributed by atoms with Gasteiger partial charge in [0.05, 0.1) is 0 Å². The maximum absolute atomic E-state index is 11.7. The van der Waals surface area contributed by atoms with Crippen LogP contribution in [0.4, 0.5) is 0 Å². The smallest absolute Gasteiger partial charge is 0.302 e. The minimum Gasteiger partial charge on any atom is -0.302 e. The molecule has 1 saturated carbocycles. The van der Waals surface area contributed by atoms with E-state index in [1.54, 1.807) is 4.57 Å². The van der Waals surface area contributed by atoms with E-state index < -0.39 is 0 Å². The minimum atomic E-state index is -0.142. The van der Waals surface area contributed by atoms with Gasteiger partial charge < -0.3 is 4.98 Å². The Morgan fingerprint density at radius 1 is 1.47 bits per heavy atom. The molecule has 0 amide bonds. The van der Waals surface area contributed by atoms with Crippen LogP contribution in [0.25, 0.3) is 11.2 Å². The van der Waals surface area contributed by atoms with Crippen molar-refractivity contribution < 1.29 is 0 Å². The van der Waals surface area contributed by atoms with Gasteiger partial charge in [0.25, 0.3) is 0 Å². The zero-order chi connectivity index (χ0) is 10.4. The molecule has 0 saturated heterocycles. The fraction of sp³-hybridized carbons (Fsp3) is 0.444. The molecule has 78 valence electrons. The Labute approximate surface area is 90.1 Å². The molecule has 1 fully saturated rings. The molecule has 6 heteroatoms. The van der Waals surface area contributed by atoms with Gasteiger partial charge in [0.1, 0.15) is 11.8 Å². The Morgan fingerprint density at radius 2 is 2.27 bits per heavy atom. The zero-order valence-corrected chi connectivity index (χ0v) is 8.66. The standard InChI is InChI=1S/C9H9ClN4O/c10-7-6-8(12-4-11-7)14(9(15)13-6)5-2-1-3-5/h4-5H,1-3H2,(H,13,15). The van der Waals surface area contributed by atoms with Gasteiger partial charge in [0.2, 0.25) is 0 Å². The lowest BCUT2D eigenvalue weighted by Crippen LogP contribution is -2.27. The number of nitrogens with one attached hydrogen (secondary N) is 1. The molecule has 0 spiro atoms. The monoisotopic (exact) mass is 224 g/mol. The van der Waals surface area contributed by atoms with Crippen molar-refractivity contribution in [2.45, 2.75) is 25.3 Å². The number of H-pyrrole nitrogens is 1. The van der Waals surface area contributed by atoms with Gasteiger partial charge in [0, 0.05) is 6.04 Å². The van der Waals surface area contributed by atoms with Crippen molar-refractivity contribution in [1.82, 2.24) is 19.5 Å². The normalized spacial score (nSPS) is 16.9. The molecule has 2 aromatic rings. The second-order valence-electron chi connectivity index (χ2n) is 3.75. The number of halogens is 1. The molecule has 2 heterocycles. The topological polar surface area (TPSA) is 63.6 Å². The quantitative estimate of drug-likeness (QED) is 0.747. The van der Waals surface area contributed by atoms with E-state index in [-0.39, 0.29) is 11.7 Å². The SMILES string of the molecule is O=c1[nH]c2c(Cl)ncnc2n1C1CCC1. The minimum absolute atomic E-state index is 0.142. The number of aromatic nitrogens is 4. The number of imidazole rings is 1. The highest BCUT2D eigenvalue weighted by molar-refractivity contribution is 6.33. The fourth-order valence-electron chi connectivity index (χ4n) is 1.89. The molecule has 2 aromatic heterocycles. The number of hydrogen-bond acceptors (Lipinski definition) is 3. The highest BCUT2D eigenvalue weighted by Gasteiger charge is 2.24. The van der Waals surface area contributed by atoms with Crippen molar-refractivity contribution >= 4 is 22.8 Å². The summed E-state index contributed by atoms with van der Waals surface area (Å²) >= 11 is 5.87. The lowest BCUT2D eigenvalue weighted by Gasteiger charge is -2.25. The maximum atomic E-state index is 11.7. The lowest BCUT2D eigenvalue weighted by molar-refractivity contribution is 0.313. The van der Waals surface area contributed by atoms with Crippen LogP contribution in [-0.4, -0.2) is 19.5 Å². The average molecular weight is 225 g/mol. The van der Waals surface area contributed by atoms with E-state index in [0.717, 1.165) is 12.8 Å². The summed E-state index contributed by atoms with van der Waals surface area (Å²) in [5, 5.41) is 0.301. The molecule has 1 aliphatic rings. The third-order valence-corrected chi connectivity index (χ3v) is 3.19. The van der Waals surface area contributed by atoms with Gasteiger partial charge in [-0.2, -0.15) is 0 Å². The largest absolute Gasteiger partial charge is 0.328 e. The summed E-state index contributed by atoms with van der Waals surface area (Å²) in [6.45, 7) is 0. The van der Waals surface area contributed by atoms with Crippen molar-refractivity contribution in [3.05, 3.63) is 22.0 Å². The van der Waals surface area contributed by atoms with Gasteiger partial charge in [-0.25, -0.2) is 14.8 Å². The first-order valence-corrected chi connectivity index (χ1v) is 5.26. The van der Waals surface area contributed by atoms with Gasteiger partial charge in [-0.15, -0.1) is 0 Å². The molecule has 5 nitrogen and oxygen atoms in total. The summed E-state index contributed by atoms with van der Waals surface area (Å²) in [4.78, 5) is 22.3. The Hall–Kier alpha value is -1.36. The summed E-state index contributed by atoms with van der Waals surface area (Å²) in [5.74, 6) is 0. The van der Waals surface area contributed by atoms with E-state index in [0.29, 0.717) is 16.3 Å². The molecule has 0 aromatic carbocycles. The van der Waals surface area contributed by atoms with Crippen LogP contribution in [-0.2, 0) is 0 Å². The molecule has 3 rings (SSSR count). The number of hydrogen-bond donors (Lipinski definition) is 1. The molecular weight excluding hydrogens is 216 g/mol. The Bertz CT molecular complexity index is 569. The van der Waals surface area contributed by atoms with Crippen LogP contribution >= 0.6 is 11.6 Å². The number of aromatic amines is 1. The first-order valence-electron chi connectivity index (χ1n) is 4.88. The lowest BCUT2D eigenvalue weighted by atomic mass is 9.93. The van der Waals surface area contributed by atoms with Crippen LogP contribution in [0.2, 0.25) is 5.15 Å². The van der Waals surface area contributed by atoms with Gasteiger partial charge in [-0.1, -0.05) is 11.6 Å². The number of fused-ring (bicyclic) bond motifs is 1. The molecule has 0 aliphatic heterocycles. The van der Waals surface area contributed by atoms with E-state index in [1.165, 1.54) is 12.7 Å². The van der Waals surface area contributed by atoms with E-state index in [1.807, 2.05) is 0 Å². The predicted octanol–water partition coefficient (Wildman–Crippen LogP) is 1.50. The molecule has 0 atom stereocenters. The number of nitrogens with zero attached hydrogens (tertiary/aromatic N) is 3. The second-order valence-corrected chi connectivity index (χ2v) is 4.11. The molecule has 15 heavy (non-hydrogen) atoms. The van der Waals surface area contributed by atoms with E-state index in [4.69, 9.17) is 11.6 Å². The van der Waals surface area contributed by atoms with E-state index >= 15 is 0 Å². The third-order valence-electron chi connectivity index (χ3n) is 2.90. The maximum Gasteiger partial charge on any atom is 0.328 e. The van der Waals surface area contributed by atoms with Crippen molar-refractivity contribution in [1.29, 1.82) is 0 Å². The molecule has 1 aliphatic carbocycles. The Balaban J connectivity index is 2.32. The van der Waals surface area contributed by atoms with Gasteiger partial charge in [-0.3, -0.25) is 4.57 Å². The number of rotatable bonds is 1. The predicted molar refractivity (Wildman–Crippen MR) is 56.0 cm³/mol. The second kappa shape index (κ2) is 3.06. The average Bonchev–Trinajstić information content (AvgIpc) is 2.44. The van der Waals surface area contributed by atoms with Crippen molar-refractivity contribution in [2.24, 2.45) is 0 Å². The van der Waals surface area contributed by atoms with Crippen molar-refractivity contribution in [2.75, 3.05) is 0 Å². The van der Waals surface area contributed by atoms with E-state index in [9.17, 15) is 4.79 Å².